The molecule has 31 heavy (non-hydrogen) atoms. The van der Waals surface area contributed by atoms with Crippen molar-refractivity contribution < 1.29 is 9.18 Å². The van der Waals surface area contributed by atoms with Gasteiger partial charge >= 0.3 is 0 Å². The summed E-state index contributed by atoms with van der Waals surface area (Å²) in [5, 5.41) is 0.949. The fraction of sp³-hybridized carbons (Fsp3) is 0.370. The number of carbonyl (C=O) groups excluding carboxylic acids is 1. The maximum atomic E-state index is 13.8. The Morgan fingerprint density at radius 3 is 2.55 bits per heavy atom. The molecular formula is C27H25FN2O. The van der Waals surface area contributed by atoms with Gasteiger partial charge in [0, 0.05) is 23.6 Å². The number of fused-ring (bicyclic) bond motifs is 1. The second-order valence-corrected chi connectivity index (χ2v) is 9.40. The van der Waals surface area contributed by atoms with E-state index in [0.29, 0.717) is 34.9 Å². The largest absolute Gasteiger partial charge is 0.294 e. The number of hydrogen-bond donors (Lipinski definition) is 0. The van der Waals surface area contributed by atoms with Crippen LogP contribution in [0.3, 0.4) is 0 Å². The van der Waals surface area contributed by atoms with E-state index < -0.39 is 0 Å². The van der Waals surface area contributed by atoms with Crippen LogP contribution in [0.5, 0.6) is 0 Å². The average Bonchev–Trinajstić information content (AvgIpc) is 2.78. The van der Waals surface area contributed by atoms with Crippen LogP contribution in [-0.2, 0) is 0 Å². The number of halogens is 1. The zero-order valence-electron chi connectivity index (χ0n) is 17.5. The lowest BCUT2D eigenvalue weighted by Crippen LogP contribution is -2.40. The first-order valence-corrected chi connectivity index (χ1v) is 11.1. The van der Waals surface area contributed by atoms with Gasteiger partial charge in [0.1, 0.15) is 5.82 Å². The molecule has 1 spiro atoms. The molecule has 0 unspecified atom stereocenters. The molecule has 0 atom stereocenters. The summed E-state index contributed by atoms with van der Waals surface area (Å²) in [5.74, 6) is 0.916. The molecule has 4 heteroatoms. The highest BCUT2D eigenvalue weighted by Gasteiger charge is 2.46. The average molecular weight is 413 g/mol. The second-order valence-electron chi connectivity index (χ2n) is 9.40. The van der Waals surface area contributed by atoms with Gasteiger partial charge in [-0.1, -0.05) is 24.3 Å². The van der Waals surface area contributed by atoms with Crippen molar-refractivity contribution in [1.29, 1.82) is 0 Å². The number of benzene rings is 2. The van der Waals surface area contributed by atoms with E-state index in [1.807, 2.05) is 6.20 Å². The zero-order valence-corrected chi connectivity index (χ0v) is 17.5. The predicted octanol–water partition coefficient (Wildman–Crippen LogP) is 7.25. The van der Waals surface area contributed by atoms with Crippen LogP contribution >= 0.6 is 0 Å². The summed E-state index contributed by atoms with van der Waals surface area (Å²) in [7, 11) is 0. The van der Waals surface area contributed by atoms with E-state index in [2.05, 4.69) is 15.9 Å². The Bertz CT molecular complexity index is 1160. The molecular weight excluding hydrogens is 387 g/mol. The Hall–Kier alpha value is -3.06. The van der Waals surface area contributed by atoms with Crippen molar-refractivity contribution >= 4 is 22.4 Å². The SMILES string of the molecule is [C-]#[N+]c1ccc(C(=O)CC2CC3(CCC(c4ccnc5ccc(F)cc45)CC3)C2)cc1. The summed E-state index contributed by atoms with van der Waals surface area (Å²) in [6.07, 6.45) is 9.33. The minimum atomic E-state index is -0.204. The van der Waals surface area contributed by atoms with Crippen LogP contribution in [0, 0.1) is 23.7 Å². The van der Waals surface area contributed by atoms with E-state index >= 15 is 0 Å². The van der Waals surface area contributed by atoms with Gasteiger partial charge in [0.15, 0.2) is 11.5 Å². The molecule has 3 nitrogen and oxygen atoms in total. The summed E-state index contributed by atoms with van der Waals surface area (Å²) in [4.78, 5) is 20.4. The van der Waals surface area contributed by atoms with Gasteiger partial charge in [-0.25, -0.2) is 9.24 Å². The number of pyridine rings is 1. The number of ketones is 1. The quantitative estimate of drug-likeness (QED) is 0.334. The van der Waals surface area contributed by atoms with Crippen molar-refractivity contribution in [3.8, 4) is 0 Å². The van der Waals surface area contributed by atoms with Crippen LogP contribution in [0.15, 0.2) is 54.7 Å². The maximum absolute atomic E-state index is 13.8. The Labute approximate surface area is 182 Å². The molecule has 3 aromatic rings. The third-order valence-electron chi connectivity index (χ3n) is 7.46. The van der Waals surface area contributed by atoms with Crippen LogP contribution in [0.1, 0.15) is 66.8 Å². The smallest absolute Gasteiger partial charge is 0.187 e. The fourth-order valence-corrected chi connectivity index (χ4v) is 5.86. The van der Waals surface area contributed by atoms with Crippen molar-refractivity contribution in [2.45, 2.75) is 50.9 Å². The molecule has 1 aromatic heterocycles. The Morgan fingerprint density at radius 2 is 1.84 bits per heavy atom. The summed E-state index contributed by atoms with van der Waals surface area (Å²) < 4.78 is 13.8. The predicted molar refractivity (Wildman–Crippen MR) is 120 cm³/mol. The van der Waals surface area contributed by atoms with Crippen LogP contribution < -0.4 is 0 Å². The Kier molecular flexibility index (Phi) is 5.06. The summed E-state index contributed by atoms with van der Waals surface area (Å²) >= 11 is 0. The van der Waals surface area contributed by atoms with Crippen molar-refractivity contribution in [3.05, 3.63) is 83.1 Å². The number of nitrogens with zero attached hydrogens (tertiary/aromatic N) is 2. The molecule has 2 aromatic carbocycles. The van der Waals surface area contributed by atoms with E-state index in [1.54, 1.807) is 36.4 Å². The lowest BCUT2D eigenvalue weighted by molar-refractivity contribution is 0.00733. The molecule has 0 amide bonds. The van der Waals surface area contributed by atoms with E-state index in [1.165, 1.54) is 24.5 Å². The number of rotatable bonds is 4. The van der Waals surface area contributed by atoms with Crippen molar-refractivity contribution in [2.75, 3.05) is 0 Å². The number of Topliss-reactive ketones (excluding diaryl/α,β-unsaturated/α-hetero) is 1. The summed E-state index contributed by atoms with van der Waals surface area (Å²) in [6.45, 7) is 7.02. The first-order chi connectivity index (χ1) is 15.0. The van der Waals surface area contributed by atoms with Gasteiger partial charge in [-0.05, 0) is 85.6 Å². The number of hydrogen-bond acceptors (Lipinski definition) is 2. The van der Waals surface area contributed by atoms with Crippen molar-refractivity contribution in [3.63, 3.8) is 0 Å². The second kappa shape index (κ2) is 7.89. The molecule has 0 N–H and O–H groups in total. The number of aromatic nitrogens is 1. The van der Waals surface area contributed by atoms with Gasteiger partial charge in [0.2, 0.25) is 0 Å². The monoisotopic (exact) mass is 412 g/mol. The molecule has 0 aliphatic heterocycles. The minimum Gasteiger partial charge on any atom is -0.294 e. The fourth-order valence-electron chi connectivity index (χ4n) is 5.86. The van der Waals surface area contributed by atoms with Crippen LogP contribution in [0.2, 0.25) is 0 Å². The first kappa shape index (κ1) is 19.9. The molecule has 1 heterocycles. The number of carbonyl (C=O) groups is 1. The molecule has 0 saturated heterocycles. The van der Waals surface area contributed by atoms with Gasteiger partial charge in [0.05, 0.1) is 12.1 Å². The highest BCUT2D eigenvalue weighted by molar-refractivity contribution is 5.96. The summed E-state index contributed by atoms with van der Waals surface area (Å²) in [5.41, 5.74) is 3.78. The van der Waals surface area contributed by atoms with E-state index in [4.69, 9.17) is 6.57 Å². The summed E-state index contributed by atoms with van der Waals surface area (Å²) in [6, 6.07) is 13.9. The minimum absolute atomic E-state index is 0.190. The zero-order chi connectivity index (χ0) is 21.4. The van der Waals surface area contributed by atoms with Crippen LogP contribution in [0.4, 0.5) is 10.1 Å². The standard InChI is InChI=1S/C27H25FN2O/c1-29-22-5-2-20(3-6-22)26(31)14-18-16-27(17-18)11-8-19(9-12-27)23-10-13-30-25-7-4-21(28)15-24(23)25/h2-7,10,13,15,18-19H,8-9,11-12,14,16-17H2. The van der Waals surface area contributed by atoms with Gasteiger partial charge in [0.25, 0.3) is 0 Å². The molecule has 0 bridgehead atoms. The van der Waals surface area contributed by atoms with Gasteiger partial charge in [-0.2, -0.15) is 0 Å². The van der Waals surface area contributed by atoms with E-state index in [0.717, 1.165) is 36.6 Å². The molecule has 156 valence electrons. The normalized spacial score (nSPS) is 25.2. The lowest BCUT2D eigenvalue weighted by Gasteiger charge is -2.52. The highest BCUT2D eigenvalue weighted by Crippen LogP contribution is 2.58. The Morgan fingerprint density at radius 1 is 1.10 bits per heavy atom. The van der Waals surface area contributed by atoms with Crippen molar-refractivity contribution in [1.82, 2.24) is 4.98 Å². The third kappa shape index (κ3) is 3.85. The lowest BCUT2D eigenvalue weighted by atomic mass is 9.53. The molecule has 0 radical (unpaired) electrons. The molecule has 2 aliphatic carbocycles. The highest BCUT2D eigenvalue weighted by atomic mass is 19.1. The van der Waals surface area contributed by atoms with Crippen LogP contribution in [0.25, 0.3) is 15.7 Å². The molecule has 2 fully saturated rings. The van der Waals surface area contributed by atoms with E-state index in [-0.39, 0.29) is 11.6 Å². The first-order valence-electron chi connectivity index (χ1n) is 11.1. The molecule has 2 aliphatic rings. The topological polar surface area (TPSA) is 34.3 Å². The molecule has 2 saturated carbocycles. The van der Waals surface area contributed by atoms with Gasteiger partial charge < -0.3 is 0 Å². The van der Waals surface area contributed by atoms with Gasteiger partial charge in [-0.15, -0.1) is 0 Å². The van der Waals surface area contributed by atoms with Gasteiger partial charge in [-0.3, -0.25) is 9.78 Å². The molecule has 5 rings (SSSR count). The Balaban J connectivity index is 1.19. The van der Waals surface area contributed by atoms with E-state index in [9.17, 15) is 9.18 Å². The van der Waals surface area contributed by atoms with Crippen molar-refractivity contribution in [2.24, 2.45) is 11.3 Å². The third-order valence-corrected chi connectivity index (χ3v) is 7.46. The maximum Gasteiger partial charge on any atom is 0.187 e. The van der Waals surface area contributed by atoms with Crippen LogP contribution in [-0.4, -0.2) is 10.8 Å².